The van der Waals surface area contributed by atoms with Crippen LogP contribution in [0.5, 0.6) is 5.75 Å². The van der Waals surface area contributed by atoms with E-state index in [9.17, 15) is 14.7 Å². The Hall–Kier alpha value is -2.69. The van der Waals surface area contributed by atoms with E-state index < -0.39 is 11.9 Å². The summed E-state index contributed by atoms with van der Waals surface area (Å²) in [7, 11) is 0. The third-order valence-corrected chi connectivity index (χ3v) is 6.44. The Morgan fingerprint density at radius 1 is 1.03 bits per heavy atom. The Bertz CT molecular complexity index is 917. The number of carboxylic acids is 1. The molecule has 1 amide bonds. The summed E-state index contributed by atoms with van der Waals surface area (Å²) in [5.74, 6) is -0.903. The van der Waals surface area contributed by atoms with Gasteiger partial charge in [0.1, 0.15) is 5.75 Å². The first-order chi connectivity index (χ1) is 18.5. The summed E-state index contributed by atoms with van der Waals surface area (Å²) < 4.78 is 22.7. The Kier molecular flexibility index (Phi) is 14.3. The van der Waals surface area contributed by atoms with Crippen LogP contribution in [0.3, 0.4) is 0 Å². The number of amidine groups is 1. The number of benzene rings is 1. The van der Waals surface area contributed by atoms with E-state index in [1.807, 2.05) is 18.2 Å². The van der Waals surface area contributed by atoms with Crippen LogP contribution < -0.4 is 10.5 Å². The van der Waals surface area contributed by atoms with Crippen molar-refractivity contribution in [2.75, 3.05) is 52.8 Å². The van der Waals surface area contributed by atoms with E-state index in [4.69, 9.17) is 30.1 Å². The van der Waals surface area contributed by atoms with E-state index >= 15 is 0 Å². The monoisotopic (exact) mass is 549 g/mol. The van der Waals surface area contributed by atoms with Gasteiger partial charge in [-0.2, -0.15) is 0 Å². The normalized spacial score (nSPS) is 15.6. The van der Waals surface area contributed by atoms with Crippen LogP contribution in [0.15, 0.2) is 18.2 Å². The number of aliphatic carboxylic acids is 1. The lowest BCUT2D eigenvalue weighted by Gasteiger charge is -2.24. The lowest BCUT2D eigenvalue weighted by molar-refractivity contribution is -0.145. The number of carbonyl (C=O) groups is 2. The first-order valence-corrected chi connectivity index (χ1v) is 13.9. The fourth-order valence-corrected chi connectivity index (χ4v) is 4.19. The number of nitrogens with zero attached hydrogens (tertiary/aromatic N) is 1. The van der Waals surface area contributed by atoms with E-state index in [1.165, 1.54) is 0 Å². The van der Waals surface area contributed by atoms with Gasteiger partial charge in [-0.05, 0) is 54.4 Å². The maximum absolute atomic E-state index is 13.2. The van der Waals surface area contributed by atoms with Crippen molar-refractivity contribution in [3.05, 3.63) is 29.3 Å². The van der Waals surface area contributed by atoms with E-state index in [1.54, 1.807) is 4.90 Å². The van der Waals surface area contributed by atoms with Crippen LogP contribution >= 0.6 is 0 Å². The predicted molar refractivity (Wildman–Crippen MR) is 149 cm³/mol. The molecule has 1 atom stereocenters. The average molecular weight is 550 g/mol. The number of fused-ring (bicyclic) bond motifs is 1. The van der Waals surface area contributed by atoms with Crippen molar-refractivity contribution < 1.29 is 33.6 Å². The van der Waals surface area contributed by atoms with Crippen LogP contribution in [0.2, 0.25) is 0 Å². The number of unbranched alkanes of at least 4 members (excludes halogenated alkanes) is 1. The van der Waals surface area contributed by atoms with Crippen LogP contribution in [-0.4, -0.2) is 80.5 Å². The van der Waals surface area contributed by atoms with Crippen molar-refractivity contribution in [1.82, 2.24) is 4.90 Å². The van der Waals surface area contributed by atoms with Gasteiger partial charge < -0.3 is 34.7 Å². The van der Waals surface area contributed by atoms with Gasteiger partial charge >= 0.3 is 5.97 Å². The third kappa shape index (κ3) is 13.8. The first-order valence-electron chi connectivity index (χ1n) is 13.9. The average Bonchev–Trinajstić information content (AvgIpc) is 2.97. The number of hydrogen-bond donors (Lipinski definition) is 3. The van der Waals surface area contributed by atoms with Gasteiger partial charge in [-0.15, -0.1) is 0 Å². The molecule has 4 N–H and O–H groups in total. The molecule has 0 bridgehead atoms. The Labute approximate surface area is 232 Å². The topological polar surface area (TPSA) is 144 Å². The quantitative estimate of drug-likeness (QED) is 0.135. The van der Waals surface area contributed by atoms with Gasteiger partial charge in [0, 0.05) is 26.1 Å². The van der Waals surface area contributed by atoms with Crippen molar-refractivity contribution in [2.45, 2.75) is 65.8 Å². The van der Waals surface area contributed by atoms with E-state index in [0.717, 1.165) is 30.4 Å². The number of ether oxygens (including phenoxy) is 4. The smallest absolute Gasteiger partial charge is 0.304 e. The zero-order chi connectivity index (χ0) is 28.7. The molecule has 1 aliphatic rings. The molecule has 220 valence electrons. The second kappa shape index (κ2) is 17.1. The maximum atomic E-state index is 13.2. The Balaban J connectivity index is 1.81. The van der Waals surface area contributed by atoms with E-state index in [0.29, 0.717) is 77.9 Å². The van der Waals surface area contributed by atoms with Gasteiger partial charge in [0.05, 0.1) is 57.8 Å². The van der Waals surface area contributed by atoms with Gasteiger partial charge in [0.15, 0.2) is 0 Å². The molecular formula is C29H47N3O7. The fraction of sp³-hybridized carbons (Fsp3) is 0.690. The van der Waals surface area contributed by atoms with E-state index in [-0.39, 0.29) is 23.6 Å². The van der Waals surface area contributed by atoms with E-state index in [2.05, 4.69) is 20.8 Å². The van der Waals surface area contributed by atoms with Gasteiger partial charge in [-0.25, -0.2) is 0 Å². The zero-order valence-corrected chi connectivity index (χ0v) is 23.8. The molecule has 0 saturated heterocycles. The van der Waals surface area contributed by atoms with Crippen molar-refractivity contribution in [3.8, 4) is 5.75 Å². The van der Waals surface area contributed by atoms with Crippen molar-refractivity contribution in [2.24, 2.45) is 17.1 Å². The minimum Gasteiger partial charge on any atom is -0.494 e. The third-order valence-electron chi connectivity index (χ3n) is 6.44. The lowest BCUT2D eigenvalue weighted by atomic mass is 9.93. The Morgan fingerprint density at radius 3 is 2.33 bits per heavy atom. The number of amides is 1. The summed E-state index contributed by atoms with van der Waals surface area (Å²) >= 11 is 0. The number of nitrogens with one attached hydrogen (secondary N) is 1. The van der Waals surface area contributed by atoms with Crippen molar-refractivity contribution in [3.63, 3.8) is 0 Å². The predicted octanol–water partition coefficient (Wildman–Crippen LogP) is 3.63. The second-order valence-electron chi connectivity index (χ2n) is 11.2. The highest BCUT2D eigenvalue weighted by atomic mass is 16.5. The number of carboxylic acid groups (broad SMARTS) is 1. The van der Waals surface area contributed by atoms with Gasteiger partial charge in [0.25, 0.3) is 0 Å². The summed E-state index contributed by atoms with van der Waals surface area (Å²) in [6.45, 7) is 10.7. The van der Waals surface area contributed by atoms with Gasteiger partial charge in [-0.1, -0.05) is 26.8 Å². The molecule has 0 spiro atoms. The number of carbonyl (C=O) groups excluding carboxylic acids is 1. The van der Waals surface area contributed by atoms with Crippen LogP contribution in [-0.2, 0) is 36.8 Å². The SMILES string of the molecule is CC(C)(C)CCOCCOCCOCCN1Cc2cc(OCCCCC(=N)N)ccc2C[C@@H](CC(=O)O)C1=O. The minimum atomic E-state index is -0.988. The van der Waals surface area contributed by atoms with Crippen LogP contribution in [0.1, 0.15) is 64.0 Å². The highest BCUT2D eigenvalue weighted by molar-refractivity contribution is 5.84. The van der Waals surface area contributed by atoms with Gasteiger partial charge in [0.2, 0.25) is 5.91 Å². The zero-order valence-electron chi connectivity index (χ0n) is 23.8. The maximum Gasteiger partial charge on any atom is 0.304 e. The number of hydrogen-bond acceptors (Lipinski definition) is 7. The molecular weight excluding hydrogens is 502 g/mol. The molecule has 39 heavy (non-hydrogen) atoms. The largest absolute Gasteiger partial charge is 0.494 e. The summed E-state index contributed by atoms with van der Waals surface area (Å²) in [5.41, 5.74) is 7.56. The lowest BCUT2D eigenvalue weighted by Crippen LogP contribution is -2.37. The molecule has 1 aliphatic heterocycles. The van der Waals surface area contributed by atoms with Crippen LogP contribution in [0.4, 0.5) is 0 Å². The molecule has 0 unspecified atom stereocenters. The molecule has 0 aromatic heterocycles. The summed E-state index contributed by atoms with van der Waals surface area (Å²) in [6.07, 6.45) is 3.29. The number of nitrogens with two attached hydrogens (primary N) is 1. The summed E-state index contributed by atoms with van der Waals surface area (Å²) in [4.78, 5) is 26.3. The molecule has 1 aromatic carbocycles. The minimum absolute atomic E-state index is 0.174. The molecule has 0 radical (unpaired) electrons. The fourth-order valence-electron chi connectivity index (χ4n) is 4.19. The van der Waals surface area contributed by atoms with Crippen LogP contribution in [0, 0.1) is 16.7 Å². The second-order valence-corrected chi connectivity index (χ2v) is 11.2. The van der Waals surface area contributed by atoms with Crippen molar-refractivity contribution in [1.29, 1.82) is 5.41 Å². The summed E-state index contributed by atoms with van der Waals surface area (Å²) in [6, 6.07) is 5.72. The molecule has 10 nitrogen and oxygen atoms in total. The first kappa shape index (κ1) is 32.5. The molecule has 0 aliphatic carbocycles. The molecule has 1 heterocycles. The molecule has 10 heteroatoms. The highest BCUT2D eigenvalue weighted by Crippen LogP contribution is 2.28. The van der Waals surface area contributed by atoms with Crippen molar-refractivity contribution >= 4 is 17.7 Å². The standard InChI is InChI=1S/C29H47N3O7/c1-29(2,3)9-12-36-14-16-38-17-15-37-13-10-32-21-24-19-25(39-11-5-4-6-26(30)31)8-7-22(24)18-23(28(32)35)20-27(33)34/h7-8,19,23H,4-6,9-18,20-21H2,1-3H3,(H3,30,31)(H,33,34)/t23-/m0/s1. The molecule has 0 saturated carbocycles. The Morgan fingerprint density at radius 2 is 1.69 bits per heavy atom. The van der Waals surface area contributed by atoms with Gasteiger partial charge in [-0.3, -0.25) is 15.0 Å². The molecule has 2 rings (SSSR count). The molecule has 0 fully saturated rings. The van der Waals surface area contributed by atoms with Crippen LogP contribution in [0.25, 0.3) is 0 Å². The highest BCUT2D eigenvalue weighted by Gasteiger charge is 2.31. The number of rotatable bonds is 19. The summed E-state index contributed by atoms with van der Waals surface area (Å²) in [5, 5.41) is 16.7. The molecule has 1 aromatic rings.